The number of nitrogens with two attached hydrogens (primary N) is 1. The maximum atomic E-state index is 13.7. The lowest BCUT2D eigenvalue weighted by Crippen LogP contribution is -1.98. The number of aromatic nitrogens is 2. The van der Waals surface area contributed by atoms with Gasteiger partial charge in [0.25, 0.3) is 0 Å². The molecule has 0 aliphatic heterocycles. The minimum Gasteiger partial charge on any atom is -0.467 e. The molecule has 6 heteroatoms. The summed E-state index contributed by atoms with van der Waals surface area (Å²) in [6.07, 6.45) is 2.54. The van der Waals surface area contributed by atoms with E-state index in [0.29, 0.717) is 0 Å². The Kier molecular flexibility index (Phi) is 2.86. The lowest BCUT2D eigenvalue weighted by molar-refractivity contribution is 0.380. The summed E-state index contributed by atoms with van der Waals surface area (Å²) >= 11 is 0. The Balaban J connectivity index is 2.55. The molecule has 1 heterocycles. The Morgan fingerprint density at radius 2 is 1.82 bits per heavy atom. The first kappa shape index (κ1) is 11.3. The zero-order chi connectivity index (χ0) is 12.4. The smallest absolute Gasteiger partial charge is 0.316 e. The van der Waals surface area contributed by atoms with Gasteiger partial charge in [-0.15, -0.1) is 0 Å². The van der Waals surface area contributed by atoms with Crippen molar-refractivity contribution in [2.24, 2.45) is 0 Å². The van der Waals surface area contributed by atoms with E-state index in [1.807, 2.05) is 0 Å². The predicted octanol–water partition coefficient (Wildman–Crippen LogP) is 2.01. The van der Waals surface area contributed by atoms with Gasteiger partial charge in [-0.2, -0.15) is 0 Å². The molecule has 0 spiro atoms. The molecule has 0 fully saturated rings. The highest BCUT2D eigenvalue weighted by molar-refractivity contribution is 5.67. The lowest BCUT2D eigenvalue weighted by atomic mass is 10.1. The van der Waals surface area contributed by atoms with Crippen LogP contribution in [0.5, 0.6) is 6.01 Å². The van der Waals surface area contributed by atoms with Gasteiger partial charge in [0.15, 0.2) is 5.82 Å². The number of hydrogen-bond acceptors (Lipinski definition) is 4. The molecule has 17 heavy (non-hydrogen) atoms. The summed E-state index contributed by atoms with van der Waals surface area (Å²) in [5.41, 5.74) is 5.21. The standard InChI is InChI=1S/C11H9F2N3O/c1-17-11-15-4-6(5-16-11)9-7(12)2-3-8(14)10(9)13/h2-5H,14H2,1H3. The molecule has 0 aliphatic carbocycles. The number of rotatable bonds is 2. The third-order valence-electron chi connectivity index (χ3n) is 2.22. The fraction of sp³-hybridized carbons (Fsp3) is 0.0909. The van der Waals surface area contributed by atoms with Crippen LogP contribution in [-0.4, -0.2) is 17.1 Å². The Morgan fingerprint density at radius 3 is 2.41 bits per heavy atom. The van der Waals surface area contributed by atoms with Gasteiger partial charge in [0.1, 0.15) is 5.82 Å². The van der Waals surface area contributed by atoms with Crippen molar-refractivity contribution in [1.29, 1.82) is 0 Å². The summed E-state index contributed by atoms with van der Waals surface area (Å²) in [6.45, 7) is 0. The van der Waals surface area contributed by atoms with Crippen LogP contribution in [0.3, 0.4) is 0 Å². The van der Waals surface area contributed by atoms with Crippen LogP contribution in [-0.2, 0) is 0 Å². The number of hydrogen-bond donors (Lipinski definition) is 1. The van der Waals surface area contributed by atoms with Crippen molar-refractivity contribution in [3.63, 3.8) is 0 Å². The van der Waals surface area contributed by atoms with E-state index in [1.54, 1.807) is 0 Å². The van der Waals surface area contributed by atoms with Crippen molar-refractivity contribution in [3.8, 4) is 17.1 Å². The molecule has 0 aliphatic rings. The summed E-state index contributed by atoms with van der Waals surface area (Å²) in [5, 5.41) is 0. The molecule has 0 amide bonds. The highest BCUT2D eigenvalue weighted by Gasteiger charge is 2.14. The number of benzene rings is 1. The first-order valence-electron chi connectivity index (χ1n) is 4.73. The molecule has 0 saturated heterocycles. The Hall–Kier alpha value is -2.24. The fourth-order valence-corrected chi connectivity index (χ4v) is 1.38. The fourth-order valence-electron chi connectivity index (χ4n) is 1.38. The number of halogens is 2. The molecule has 2 aromatic rings. The highest BCUT2D eigenvalue weighted by atomic mass is 19.1. The zero-order valence-corrected chi connectivity index (χ0v) is 8.95. The maximum absolute atomic E-state index is 13.7. The molecular formula is C11H9F2N3O. The SMILES string of the molecule is COc1ncc(-c2c(F)ccc(N)c2F)cn1. The molecule has 0 radical (unpaired) electrons. The van der Waals surface area contributed by atoms with E-state index in [4.69, 9.17) is 10.5 Å². The van der Waals surface area contributed by atoms with Gasteiger partial charge in [0.05, 0.1) is 18.4 Å². The highest BCUT2D eigenvalue weighted by Crippen LogP contribution is 2.28. The third kappa shape index (κ3) is 2.01. The zero-order valence-electron chi connectivity index (χ0n) is 8.95. The molecule has 0 unspecified atom stereocenters. The summed E-state index contributed by atoms with van der Waals surface area (Å²) in [7, 11) is 1.40. The quantitative estimate of drug-likeness (QED) is 0.811. The molecule has 1 aromatic carbocycles. The summed E-state index contributed by atoms with van der Waals surface area (Å²) in [6, 6.07) is 2.38. The molecular weight excluding hydrogens is 228 g/mol. The number of nitrogen functional groups attached to an aromatic ring is 1. The molecule has 0 atom stereocenters. The van der Waals surface area contributed by atoms with Gasteiger partial charge >= 0.3 is 6.01 Å². The van der Waals surface area contributed by atoms with Gasteiger partial charge in [-0.3, -0.25) is 0 Å². The number of nitrogens with zero attached hydrogens (tertiary/aromatic N) is 2. The van der Waals surface area contributed by atoms with Gasteiger partial charge in [0.2, 0.25) is 0 Å². The van der Waals surface area contributed by atoms with Crippen LogP contribution in [0.15, 0.2) is 24.5 Å². The topological polar surface area (TPSA) is 61.0 Å². The number of methoxy groups -OCH3 is 1. The summed E-state index contributed by atoms with van der Waals surface area (Å²) < 4.78 is 31.9. The Bertz CT molecular complexity index is 543. The van der Waals surface area contributed by atoms with Crippen molar-refractivity contribution < 1.29 is 13.5 Å². The average Bonchev–Trinajstić information content (AvgIpc) is 2.35. The Labute approximate surface area is 96.1 Å². The monoisotopic (exact) mass is 237 g/mol. The second-order valence-electron chi connectivity index (χ2n) is 3.28. The summed E-state index contributed by atoms with van der Waals surface area (Å²) in [4.78, 5) is 7.56. The number of anilines is 1. The molecule has 88 valence electrons. The van der Waals surface area contributed by atoms with E-state index in [1.165, 1.54) is 25.6 Å². The third-order valence-corrected chi connectivity index (χ3v) is 2.22. The van der Waals surface area contributed by atoms with Crippen LogP contribution < -0.4 is 10.5 Å². The van der Waals surface area contributed by atoms with Gasteiger partial charge in [-0.05, 0) is 12.1 Å². The minimum absolute atomic E-state index is 0.124. The van der Waals surface area contributed by atoms with Gasteiger partial charge < -0.3 is 10.5 Å². The van der Waals surface area contributed by atoms with E-state index in [9.17, 15) is 8.78 Å². The van der Waals surface area contributed by atoms with Crippen molar-refractivity contribution in [2.45, 2.75) is 0 Å². The van der Waals surface area contributed by atoms with E-state index in [-0.39, 0.29) is 22.8 Å². The normalized spacial score (nSPS) is 10.3. The predicted molar refractivity (Wildman–Crippen MR) is 58.3 cm³/mol. The van der Waals surface area contributed by atoms with Gasteiger partial charge in [-0.25, -0.2) is 18.7 Å². The average molecular weight is 237 g/mol. The molecule has 0 bridgehead atoms. The minimum atomic E-state index is -0.821. The van der Waals surface area contributed by atoms with E-state index in [0.717, 1.165) is 6.07 Å². The molecule has 2 N–H and O–H groups in total. The van der Waals surface area contributed by atoms with Crippen molar-refractivity contribution in [3.05, 3.63) is 36.2 Å². The lowest BCUT2D eigenvalue weighted by Gasteiger charge is -2.06. The number of ether oxygens (including phenoxy) is 1. The second-order valence-corrected chi connectivity index (χ2v) is 3.28. The first-order chi connectivity index (χ1) is 8.13. The largest absolute Gasteiger partial charge is 0.467 e. The van der Waals surface area contributed by atoms with Gasteiger partial charge in [0, 0.05) is 18.0 Å². The molecule has 2 rings (SSSR count). The first-order valence-corrected chi connectivity index (χ1v) is 4.73. The van der Waals surface area contributed by atoms with E-state index >= 15 is 0 Å². The second kappa shape index (κ2) is 4.32. The van der Waals surface area contributed by atoms with Crippen LogP contribution in [0, 0.1) is 11.6 Å². The van der Waals surface area contributed by atoms with Crippen molar-refractivity contribution in [2.75, 3.05) is 12.8 Å². The Morgan fingerprint density at radius 1 is 1.18 bits per heavy atom. The van der Waals surface area contributed by atoms with Crippen LogP contribution in [0.25, 0.3) is 11.1 Å². The van der Waals surface area contributed by atoms with Crippen molar-refractivity contribution in [1.82, 2.24) is 9.97 Å². The summed E-state index contributed by atoms with van der Waals surface area (Å²) in [5.74, 6) is -1.54. The van der Waals surface area contributed by atoms with E-state index in [2.05, 4.69) is 9.97 Å². The molecule has 1 aromatic heterocycles. The van der Waals surface area contributed by atoms with Crippen LogP contribution in [0.4, 0.5) is 14.5 Å². The maximum Gasteiger partial charge on any atom is 0.316 e. The molecule has 4 nitrogen and oxygen atoms in total. The van der Waals surface area contributed by atoms with Crippen molar-refractivity contribution >= 4 is 5.69 Å². The van der Waals surface area contributed by atoms with Crippen LogP contribution in [0.1, 0.15) is 0 Å². The van der Waals surface area contributed by atoms with E-state index < -0.39 is 11.6 Å². The van der Waals surface area contributed by atoms with Crippen LogP contribution >= 0.6 is 0 Å². The van der Waals surface area contributed by atoms with Crippen LogP contribution in [0.2, 0.25) is 0 Å². The molecule has 0 saturated carbocycles. The van der Waals surface area contributed by atoms with Gasteiger partial charge in [-0.1, -0.05) is 0 Å².